The van der Waals surface area contributed by atoms with Crippen LogP contribution in [0, 0.1) is 13.8 Å². The highest BCUT2D eigenvalue weighted by atomic mass is 32.2. The summed E-state index contributed by atoms with van der Waals surface area (Å²) in [7, 11) is 1.83. The predicted octanol–water partition coefficient (Wildman–Crippen LogP) is 3.04. The maximum Gasteiger partial charge on any atom is 0.0970 e. The molecule has 0 N–H and O–H groups in total. The number of nitrogens with zero attached hydrogens (tertiary/aromatic N) is 1. The van der Waals surface area contributed by atoms with Crippen molar-refractivity contribution >= 4 is 16.8 Å². The molecule has 1 rings (SSSR count). The van der Waals surface area contributed by atoms with Gasteiger partial charge in [-0.2, -0.15) is 0 Å². The minimum absolute atomic E-state index is 1.10. The van der Waals surface area contributed by atoms with E-state index in [0.717, 1.165) is 5.04 Å². The van der Waals surface area contributed by atoms with Gasteiger partial charge in [0.2, 0.25) is 0 Å². The first-order valence-electron chi connectivity index (χ1n) is 4.27. The lowest BCUT2D eigenvalue weighted by molar-refractivity contribution is 1.33. The van der Waals surface area contributed by atoms with Crippen molar-refractivity contribution in [2.75, 3.05) is 13.3 Å². The molecule has 0 spiro atoms. The molecular formula is C11H15NS. The van der Waals surface area contributed by atoms with E-state index < -0.39 is 0 Å². The molecule has 2 heteroatoms. The molecule has 0 amide bonds. The molecule has 0 aliphatic carbocycles. The smallest absolute Gasteiger partial charge is 0.0970 e. The van der Waals surface area contributed by atoms with Crippen LogP contribution in [0.2, 0.25) is 0 Å². The third kappa shape index (κ3) is 2.34. The van der Waals surface area contributed by atoms with Gasteiger partial charge in [-0.05, 0) is 37.3 Å². The predicted molar refractivity (Wildman–Crippen MR) is 61.9 cm³/mol. The number of rotatable bonds is 1. The summed E-state index contributed by atoms with van der Waals surface area (Å²) < 4.78 is 0. The third-order valence-electron chi connectivity index (χ3n) is 2.15. The van der Waals surface area contributed by atoms with E-state index in [1.165, 1.54) is 16.7 Å². The zero-order valence-corrected chi connectivity index (χ0v) is 9.40. The van der Waals surface area contributed by atoms with Crippen molar-refractivity contribution in [1.82, 2.24) is 0 Å². The maximum absolute atomic E-state index is 4.23. The van der Waals surface area contributed by atoms with Gasteiger partial charge in [0.05, 0.1) is 5.04 Å². The average Bonchev–Trinajstić information content (AvgIpc) is 2.13. The van der Waals surface area contributed by atoms with Gasteiger partial charge < -0.3 is 0 Å². The van der Waals surface area contributed by atoms with Crippen LogP contribution in [0.15, 0.2) is 23.2 Å². The quantitative estimate of drug-likeness (QED) is 0.493. The van der Waals surface area contributed by atoms with Gasteiger partial charge in [0.25, 0.3) is 0 Å². The fourth-order valence-corrected chi connectivity index (χ4v) is 1.76. The van der Waals surface area contributed by atoms with Gasteiger partial charge in [0.1, 0.15) is 0 Å². The number of benzene rings is 1. The number of hydrogen-bond donors (Lipinski definition) is 0. The minimum Gasteiger partial charge on any atom is -0.281 e. The molecule has 13 heavy (non-hydrogen) atoms. The summed E-state index contributed by atoms with van der Waals surface area (Å²) in [6.45, 7) is 4.26. The minimum atomic E-state index is 1.10. The van der Waals surface area contributed by atoms with Crippen LogP contribution in [0.1, 0.15) is 16.7 Å². The molecule has 0 unspecified atom stereocenters. The van der Waals surface area contributed by atoms with Gasteiger partial charge in [-0.25, -0.2) is 0 Å². The first kappa shape index (κ1) is 10.3. The zero-order valence-electron chi connectivity index (χ0n) is 8.59. The molecule has 0 bridgehead atoms. The lowest BCUT2D eigenvalue weighted by atomic mass is 10.1. The molecule has 1 aromatic rings. The molecule has 0 aromatic heterocycles. The standard InChI is InChI=1S/C11H15NS/c1-8-5-6-10(7-9(8)2)11(12-3)13-4/h5-7H,1-4H3. The summed E-state index contributed by atoms with van der Waals surface area (Å²) >= 11 is 1.69. The normalized spacial score (nSPS) is 11.8. The summed E-state index contributed by atoms with van der Waals surface area (Å²) in [5, 5.41) is 1.10. The topological polar surface area (TPSA) is 12.4 Å². The summed E-state index contributed by atoms with van der Waals surface area (Å²) in [6, 6.07) is 6.46. The Morgan fingerprint density at radius 2 is 1.92 bits per heavy atom. The van der Waals surface area contributed by atoms with Crippen LogP contribution in [0.4, 0.5) is 0 Å². The Morgan fingerprint density at radius 1 is 1.23 bits per heavy atom. The lowest BCUT2D eigenvalue weighted by Gasteiger charge is -2.05. The summed E-state index contributed by atoms with van der Waals surface area (Å²) in [6.07, 6.45) is 2.05. The second kappa shape index (κ2) is 4.47. The molecule has 0 fully saturated rings. The van der Waals surface area contributed by atoms with Crippen molar-refractivity contribution in [3.63, 3.8) is 0 Å². The van der Waals surface area contributed by atoms with Crippen molar-refractivity contribution in [1.29, 1.82) is 0 Å². The summed E-state index contributed by atoms with van der Waals surface area (Å²) in [5.41, 5.74) is 3.88. The molecular weight excluding hydrogens is 178 g/mol. The van der Waals surface area contributed by atoms with Gasteiger partial charge in [0, 0.05) is 12.6 Å². The van der Waals surface area contributed by atoms with E-state index in [0.29, 0.717) is 0 Å². The lowest BCUT2D eigenvalue weighted by Crippen LogP contribution is -1.95. The van der Waals surface area contributed by atoms with Crippen LogP contribution >= 0.6 is 11.8 Å². The van der Waals surface area contributed by atoms with Gasteiger partial charge in [-0.1, -0.05) is 12.1 Å². The highest BCUT2D eigenvalue weighted by Gasteiger charge is 2.01. The maximum atomic E-state index is 4.23. The molecule has 0 saturated heterocycles. The van der Waals surface area contributed by atoms with Crippen LogP contribution in [0.3, 0.4) is 0 Å². The second-order valence-electron chi connectivity index (χ2n) is 3.03. The van der Waals surface area contributed by atoms with Crippen LogP contribution in [-0.2, 0) is 0 Å². The van der Waals surface area contributed by atoms with E-state index in [2.05, 4.69) is 43.3 Å². The number of aryl methyl sites for hydroxylation is 2. The molecule has 0 radical (unpaired) electrons. The van der Waals surface area contributed by atoms with Crippen molar-refractivity contribution < 1.29 is 0 Å². The fraction of sp³-hybridized carbons (Fsp3) is 0.364. The van der Waals surface area contributed by atoms with Crippen molar-refractivity contribution in [2.45, 2.75) is 13.8 Å². The second-order valence-corrected chi connectivity index (χ2v) is 3.83. The fourth-order valence-electron chi connectivity index (χ4n) is 1.21. The van der Waals surface area contributed by atoms with Gasteiger partial charge in [0.15, 0.2) is 0 Å². The molecule has 0 heterocycles. The van der Waals surface area contributed by atoms with Crippen LogP contribution in [0.5, 0.6) is 0 Å². The zero-order chi connectivity index (χ0) is 9.84. The Kier molecular flexibility index (Phi) is 3.55. The highest BCUT2D eigenvalue weighted by Crippen LogP contribution is 2.15. The molecule has 0 saturated carbocycles. The Hall–Kier alpha value is -0.760. The molecule has 1 aromatic carbocycles. The van der Waals surface area contributed by atoms with Crippen LogP contribution < -0.4 is 0 Å². The van der Waals surface area contributed by atoms with Crippen LogP contribution in [-0.4, -0.2) is 18.3 Å². The monoisotopic (exact) mass is 193 g/mol. The van der Waals surface area contributed by atoms with E-state index in [9.17, 15) is 0 Å². The van der Waals surface area contributed by atoms with Gasteiger partial charge in [-0.15, -0.1) is 11.8 Å². The third-order valence-corrected chi connectivity index (χ3v) is 2.96. The van der Waals surface area contributed by atoms with Gasteiger partial charge >= 0.3 is 0 Å². The number of thioether (sulfide) groups is 1. The van der Waals surface area contributed by atoms with Gasteiger partial charge in [-0.3, -0.25) is 4.99 Å². The van der Waals surface area contributed by atoms with E-state index in [4.69, 9.17) is 0 Å². The molecule has 70 valence electrons. The van der Waals surface area contributed by atoms with Crippen molar-refractivity contribution in [3.8, 4) is 0 Å². The average molecular weight is 193 g/mol. The van der Waals surface area contributed by atoms with Crippen molar-refractivity contribution in [3.05, 3.63) is 34.9 Å². The Labute approximate surface area is 84.3 Å². The van der Waals surface area contributed by atoms with Crippen molar-refractivity contribution in [2.24, 2.45) is 4.99 Å². The molecule has 0 atom stereocenters. The summed E-state index contributed by atoms with van der Waals surface area (Å²) in [4.78, 5) is 4.23. The Morgan fingerprint density at radius 3 is 2.38 bits per heavy atom. The SMILES string of the molecule is CN=C(SC)c1ccc(C)c(C)c1. The molecule has 0 aliphatic heterocycles. The van der Waals surface area contributed by atoms with E-state index in [1.54, 1.807) is 11.8 Å². The highest BCUT2D eigenvalue weighted by molar-refractivity contribution is 8.13. The summed E-state index contributed by atoms with van der Waals surface area (Å²) in [5.74, 6) is 0. The molecule has 1 nitrogen and oxygen atoms in total. The largest absolute Gasteiger partial charge is 0.281 e. The number of hydrogen-bond acceptors (Lipinski definition) is 2. The van der Waals surface area contributed by atoms with E-state index in [-0.39, 0.29) is 0 Å². The Bertz CT molecular complexity index is 329. The van der Waals surface area contributed by atoms with E-state index >= 15 is 0 Å². The first-order valence-corrected chi connectivity index (χ1v) is 5.50. The molecule has 0 aliphatic rings. The first-order chi connectivity index (χ1) is 6.19. The Balaban J connectivity index is 3.10. The van der Waals surface area contributed by atoms with Crippen LogP contribution in [0.25, 0.3) is 0 Å². The van der Waals surface area contributed by atoms with E-state index in [1.807, 2.05) is 7.05 Å². The number of aliphatic imine (C=N–C) groups is 1.